The zero-order valence-electron chi connectivity index (χ0n) is 16.1. The van der Waals surface area contributed by atoms with Crippen molar-refractivity contribution >= 4 is 28.6 Å². The maximum atomic E-state index is 13.2. The quantitative estimate of drug-likeness (QED) is 0.786. The van der Waals surface area contributed by atoms with Gasteiger partial charge in [0.15, 0.2) is 0 Å². The number of piperidine rings is 1. The summed E-state index contributed by atoms with van der Waals surface area (Å²) in [5, 5.41) is 14.4. The average Bonchev–Trinajstić information content (AvgIpc) is 2.73. The lowest BCUT2D eigenvalue weighted by atomic mass is 9.90. The Bertz CT molecular complexity index is 984. The van der Waals surface area contributed by atoms with Gasteiger partial charge in [0.2, 0.25) is 5.91 Å². The van der Waals surface area contributed by atoms with E-state index in [0.29, 0.717) is 24.8 Å². The minimum atomic E-state index is -0.979. The largest absolute Gasteiger partial charge is 0.480 e. The Hall–Kier alpha value is -3.15. The van der Waals surface area contributed by atoms with E-state index >= 15 is 0 Å². The molecule has 1 saturated heterocycles. The molecule has 0 radical (unpaired) electrons. The van der Waals surface area contributed by atoms with E-state index in [1.54, 1.807) is 12.1 Å². The van der Waals surface area contributed by atoms with Crippen LogP contribution >= 0.6 is 0 Å². The zero-order valence-corrected chi connectivity index (χ0v) is 16.1. The Kier molecular flexibility index (Phi) is 5.34. The van der Waals surface area contributed by atoms with Crippen molar-refractivity contribution in [1.82, 2.24) is 10.2 Å². The molecule has 6 nitrogen and oxygen atoms in total. The first-order valence-electron chi connectivity index (χ1n) is 10.0. The van der Waals surface area contributed by atoms with Crippen LogP contribution in [0.25, 0.3) is 10.8 Å². The summed E-state index contributed by atoms with van der Waals surface area (Å²) >= 11 is 0. The van der Waals surface area contributed by atoms with Gasteiger partial charge in [0, 0.05) is 11.6 Å². The molecule has 4 rings (SSSR count). The smallest absolute Gasteiger partial charge is 0.326 e. The highest BCUT2D eigenvalue weighted by atomic mass is 16.4. The third-order valence-corrected chi connectivity index (χ3v) is 5.85. The Morgan fingerprint density at radius 2 is 1.76 bits per heavy atom. The summed E-state index contributed by atoms with van der Waals surface area (Å²) in [6, 6.07) is 11.5. The molecule has 0 bridgehead atoms. The lowest BCUT2D eigenvalue weighted by Crippen LogP contribution is -2.59. The minimum absolute atomic E-state index is 0.131. The van der Waals surface area contributed by atoms with Gasteiger partial charge in [0.1, 0.15) is 12.1 Å². The van der Waals surface area contributed by atoms with Crippen molar-refractivity contribution in [3.8, 4) is 0 Å². The molecule has 2 aliphatic heterocycles. The summed E-state index contributed by atoms with van der Waals surface area (Å²) in [6.07, 6.45) is 6.92. The Morgan fingerprint density at radius 3 is 2.55 bits per heavy atom. The standard InChI is InChI=1S/C23H24N2O4/c26-21(17-13-12-15-6-1-2-7-16(15)14-17)24-19-10-4-3-8-18-9-5-11-20(23(28)29)25(18)22(19)27/h1-4,6-7,12-14,18-20H,5,8-11H2,(H,24,26)(H,28,29)/t18-,19-,20-/m0/s1. The zero-order chi connectivity index (χ0) is 20.4. The fraction of sp³-hybridized carbons (Fsp3) is 0.348. The Morgan fingerprint density at radius 1 is 1.00 bits per heavy atom. The van der Waals surface area contributed by atoms with Gasteiger partial charge in [-0.1, -0.05) is 42.5 Å². The number of hydrogen-bond acceptors (Lipinski definition) is 3. The first kappa shape index (κ1) is 19.2. The van der Waals surface area contributed by atoms with Crippen LogP contribution < -0.4 is 5.32 Å². The van der Waals surface area contributed by atoms with Crippen molar-refractivity contribution in [2.45, 2.75) is 50.2 Å². The minimum Gasteiger partial charge on any atom is -0.480 e. The topological polar surface area (TPSA) is 86.7 Å². The number of fused-ring (bicyclic) bond motifs is 2. The molecule has 2 aliphatic rings. The van der Waals surface area contributed by atoms with Gasteiger partial charge in [0.05, 0.1) is 0 Å². The summed E-state index contributed by atoms with van der Waals surface area (Å²) < 4.78 is 0. The highest BCUT2D eigenvalue weighted by molar-refractivity contribution is 6.01. The van der Waals surface area contributed by atoms with Gasteiger partial charge in [-0.3, -0.25) is 9.59 Å². The maximum Gasteiger partial charge on any atom is 0.326 e. The van der Waals surface area contributed by atoms with E-state index in [4.69, 9.17) is 0 Å². The van der Waals surface area contributed by atoms with E-state index in [-0.39, 0.29) is 17.9 Å². The second-order valence-electron chi connectivity index (χ2n) is 7.72. The third-order valence-electron chi connectivity index (χ3n) is 5.85. The van der Waals surface area contributed by atoms with Crippen molar-refractivity contribution in [2.24, 2.45) is 0 Å². The predicted octanol–water partition coefficient (Wildman–Crippen LogP) is 3.12. The fourth-order valence-electron chi connectivity index (χ4n) is 4.35. The normalized spacial score (nSPS) is 24.5. The number of carbonyl (C=O) groups excluding carboxylic acids is 2. The molecule has 0 unspecified atom stereocenters. The van der Waals surface area contributed by atoms with Crippen LogP contribution in [0.4, 0.5) is 0 Å². The molecule has 2 heterocycles. The molecule has 6 heteroatoms. The summed E-state index contributed by atoms with van der Waals surface area (Å²) in [5.74, 6) is -1.61. The number of carboxylic acid groups (broad SMARTS) is 1. The highest BCUT2D eigenvalue weighted by Gasteiger charge is 2.41. The number of aliphatic carboxylic acids is 1. The second kappa shape index (κ2) is 8.07. The summed E-state index contributed by atoms with van der Waals surface area (Å²) in [4.78, 5) is 39.3. The molecule has 0 aromatic heterocycles. The van der Waals surface area contributed by atoms with E-state index in [0.717, 1.165) is 23.6 Å². The molecule has 2 aromatic rings. The van der Waals surface area contributed by atoms with Crippen LogP contribution in [0.1, 0.15) is 42.5 Å². The van der Waals surface area contributed by atoms with E-state index < -0.39 is 18.1 Å². The maximum absolute atomic E-state index is 13.2. The van der Waals surface area contributed by atoms with E-state index in [2.05, 4.69) is 5.32 Å². The van der Waals surface area contributed by atoms with Gasteiger partial charge in [-0.05, 0) is 55.0 Å². The van der Waals surface area contributed by atoms with Crippen molar-refractivity contribution in [1.29, 1.82) is 0 Å². The van der Waals surface area contributed by atoms with Gasteiger partial charge in [0.25, 0.3) is 5.91 Å². The lowest BCUT2D eigenvalue weighted by Gasteiger charge is -2.42. The van der Waals surface area contributed by atoms with Crippen LogP contribution in [0.5, 0.6) is 0 Å². The van der Waals surface area contributed by atoms with Crippen LogP contribution in [-0.4, -0.2) is 45.9 Å². The first-order chi connectivity index (χ1) is 14.0. The Labute approximate surface area is 169 Å². The van der Waals surface area contributed by atoms with Crippen LogP contribution in [0.2, 0.25) is 0 Å². The molecule has 0 aliphatic carbocycles. The predicted molar refractivity (Wildman–Crippen MR) is 109 cm³/mol. The van der Waals surface area contributed by atoms with Crippen LogP contribution in [0.15, 0.2) is 54.6 Å². The summed E-state index contributed by atoms with van der Waals surface area (Å²) in [7, 11) is 0. The van der Waals surface area contributed by atoms with Crippen LogP contribution in [-0.2, 0) is 9.59 Å². The molecule has 29 heavy (non-hydrogen) atoms. The first-order valence-corrected chi connectivity index (χ1v) is 10.0. The lowest BCUT2D eigenvalue weighted by molar-refractivity contribution is -0.156. The third kappa shape index (κ3) is 3.88. The van der Waals surface area contributed by atoms with E-state index in [1.165, 1.54) is 4.90 Å². The molecule has 2 aromatic carbocycles. The number of nitrogens with zero attached hydrogens (tertiary/aromatic N) is 1. The number of nitrogens with one attached hydrogen (secondary N) is 1. The molecule has 2 N–H and O–H groups in total. The molecule has 0 spiro atoms. The SMILES string of the molecule is O=C(N[C@H]1CC=CC[C@H]2CCC[C@@H](C(=O)O)N2C1=O)c1ccc2ccccc2c1. The fourth-order valence-corrected chi connectivity index (χ4v) is 4.35. The van der Waals surface area contributed by atoms with E-state index in [9.17, 15) is 19.5 Å². The second-order valence-corrected chi connectivity index (χ2v) is 7.72. The molecular weight excluding hydrogens is 368 g/mol. The van der Waals surface area contributed by atoms with Crippen molar-refractivity contribution < 1.29 is 19.5 Å². The number of benzene rings is 2. The number of amides is 2. The van der Waals surface area contributed by atoms with Crippen LogP contribution in [0, 0.1) is 0 Å². The van der Waals surface area contributed by atoms with Crippen molar-refractivity contribution in [2.75, 3.05) is 0 Å². The van der Waals surface area contributed by atoms with Gasteiger partial charge >= 0.3 is 5.97 Å². The van der Waals surface area contributed by atoms with Gasteiger partial charge in [-0.2, -0.15) is 0 Å². The average molecular weight is 392 g/mol. The van der Waals surface area contributed by atoms with Crippen LogP contribution in [0.3, 0.4) is 0 Å². The number of carboxylic acids is 1. The highest BCUT2D eigenvalue weighted by Crippen LogP contribution is 2.28. The molecular formula is C23H24N2O4. The Balaban J connectivity index is 1.58. The molecule has 2 amide bonds. The van der Waals surface area contributed by atoms with Gasteiger partial charge < -0.3 is 15.3 Å². The summed E-state index contributed by atoms with van der Waals surface area (Å²) in [6.45, 7) is 0. The van der Waals surface area contributed by atoms with Gasteiger partial charge in [-0.25, -0.2) is 4.79 Å². The summed E-state index contributed by atoms with van der Waals surface area (Å²) in [5.41, 5.74) is 0.479. The number of rotatable bonds is 3. The monoisotopic (exact) mass is 392 g/mol. The molecule has 3 atom stereocenters. The molecule has 0 saturated carbocycles. The van der Waals surface area contributed by atoms with Crippen molar-refractivity contribution in [3.05, 3.63) is 60.2 Å². The molecule has 1 fully saturated rings. The number of hydrogen-bond donors (Lipinski definition) is 2. The van der Waals surface area contributed by atoms with Crippen molar-refractivity contribution in [3.63, 3.8) is 0 Å². The van der Waals surface area contributed by atoms with Gasteiger partial charge in [-0.15, -0.1) is 0 Å². The number of carbonyl (C=O) groups is 3. The molecule has 150 valence electrons. The van der Waals surface area contributed by atoms with E-state index in [1.807, 2.05) is 42.5 Å².